The SMILES string of the molecule is CCN(CCC#N)c1c(C)cccc1C#N. The molecule has 0 N–H and O–H groups in total. The highest BCUT2D eigenvalue weighted by molar-refractivity contribution is 5.63. The van der Waals surface area contributed by atoms with Crippen LogP contribution in [0.25, 0.3) is 0 Å². The first-order valence-corrected chi connectivity index (χ1v) is 5.36. The number of hydrogen-bond acceptors (Lipinski definition) is 3. The van der Waals surface area contributed by atoms with Crippen LogP contribution in [0.15, 0.2) is 18.2 Å². The fourth-order valence-electron chi connectivity index (χ4n) is 1.78. The number of aryl methyl sites for hydroxylation is 1. The number of nitriles is 2. The minimum absolute atomic E-state index is 0.479. The zero-order chi connectivity index (χ0) is 12.0. The molecule has 1 aromatic carbocycles. The summed E-state index contributed by atoms with van der Waals surface area (Å²) in [5.74, 6) is 0. The lowest BCUT2D eigenvalue weighted by Gasteiger charge is -2.24. The third kappa shape index (κ3) is 2.52. The molecule has 3 heteroatoms. The van der Waals surface area contributed by atoms with Crippen molar-refractivity contribution in [3.05, 3.63) is 29.3 Å². The van der Waals surface area contributed by atoms with Crippen LogP contribution in [0.1, 0.15) is 24.5 Å². The molecule has 1 rings (SSSR count). The quantitative estimate of drug-likeness (QED) is 0.772. The van der Waals surface area contributed by atoms with Crippen LogP contribution < -0.4 is 4.90 Å². The van der Waals surface area contributed by atoms with Gasteiger partial charge in [-0.3, -0.25) is 0 Å². The fourth-order valence-corrected chi connectivity index (χ4v) is 1.78. The fraction of sp³-hybridized carbons (Fsp3) is 0.385. The topological polar surface area (TPSA) is 50.8 Å². The van der Waals surface area contributed by atoms with E-state index in [9.17, 15) is 0 Å². The standard InChI is InChI=1S/C13H15N3/c1-3-16(9-5-8-14)13-11(2)6-4-7-12(13)10-15/h4,6-7H,3,5,9H2,1-2H3. The lowest BCUT2D eigenvalue weighted by molar-refractivity contribution is 0.822. The molecule has 0 aromatic heterocycles. The summed E-state index contributed by atoms with van der Waals surface area (Å²) in [4.78, 5) is 2.08. The largest absolute Gasteiger partial charge is 0.369 e. The van der Waals surface area contributed by atoms with Crippen molar-refractivity contribution < 1.29 is 0 Å². The number of anilines is 1. The number of hydrogen-bond donors (Lipinski definition) is 0. The van der Waals surface area contributed by atoms with Crippen molar-refractivity contribution in [1.29, 1.82) is 10.5 Å². The van der Waals surface area contributed by atoms with Crippen molar-refractivity contribution in [2.24, 2.45) is 0 Å². The zero-order valence-corrected chi connectivity index (χ0v) is 9.70. The van der Waals surface area contributed by atoms with E-state index in [0.29, 0.717) is 18.5 Å². The van der Waals surface area contributed by atoms with Crippen LogP contribution in [0.5, 0.6) is 0 Å². The van der Waals surface area contributed by atoms with Crippen LogP contribution in [0, 0.1) is 29.6 Å². The summed E-state index contributed by atoms with van der Waals surface area (Å²) in [6, 6.07) is 10.0. The first kappa shape index (κ1) is 12.1. The van der Waals surface area contributed by atoms with E-state index in [1.165, 1.54) is 0 Å². The summed E-state index contributed by atoms with van der Waals surface area (Å²) in [5.41, 5.74) is 2.72. The second-order valence-electron chi connectivity index (χ2n) is 3.57. The maximum absolute atomic E-state index is 9.07. The van der Waals surface area contributed by atoms with Gasteiger partial charge in [0.2, 0.25) is 0 Å². The Morgan fingerprint density at radius 3 is 2.62 bits per heavy atom. The van der Waals surface area contributed by atoms with Crippen LogP contribution in [-0.4, -0.2) is 13.1 Å². The Labute approximate surface area is 96.5 Å². The van der Waals surface area contributed by atoms with Crippen molar-refractivity contribution in [2.45, 2.75) is 20.3 Å². The highest BCUT2D eigenvalue weighted by Crippen LogP contribution is 2.24. The van der Waals surface area contributed by atoms with Crippen LogP contribution in [0.3, 0.4) is 0 Å². The summed E-state index contributed by atoms with van der Waals surface area (Å²) in [5, 5.41) is 17.7. The zero-order valence-electron chi connectivity index (χ0n) is 9.70. The molecule has 82 valence electrons. The van der Waals surface area contributed by atoms with Crippen LogP contribution in [0.4, 0.5) is 5.69 Å². The predicted molar refractivity (Wildman–Crippen MR) is 64.0 cm³/mol. The Balaban J connectivity index is 3.09. The van der Waals surface area contributed by atoms with E-state index in [4.69, 9.17) is 10.5 Å². The molecule has 0 aliphatic heterocycles. The van der Waals surface area contributed by atoms with Gasteiger partial charge in [0.05, 0.1) is 23.7 Å². The minimum Gasteiger partial charge on any atom is -0.369 e. The first-order chi connectivity index (χ1) is 7.74. The van der Waals surface area contributed by atoms with Gasteiger partial charge in [0.15, 0.2) is 0 Å². The Hall–Kier alpha value is -2.00. The highest BCUT2D eigenvalue weighted by Gasteiger charge is 2.11. The Morgan fingerprint density at radius 2 is 2.06 bits per heavy atom. The molecule has 0 aliphatic carbocycles. The van der Waals surface area contributed by atoms with E-state index < -0.39 is 0 Å². The van der Waals surface area contributed by atoms with Crippen LogP contribution in [-0.2, 0) is 0 Å². The summed E-state index contributed by atoms with van der Waals surface area (Å²) < 4.78 is 0. The molecule has 0 bridgehead atoms. The van der Waals surface area contributed by atoms with Gasteiger partial charge < -0.3 is 4.90 Å². The molecule has 0 unspecified atom stereocenters. The summed E-state index contributed by atoms with van der Waals surface area (Å²) >= 11 is 0. The molecule has 0 spiro atoms. The Bertz CT molecular complexity index is 437. The van der Waals surface area contributed by atoms with Crippen molar-refractivity contribution in [3.8, 4) is 12.1 Å². The maximum atomic E-state index is 9.07. The predicted octanol–water partition coefficient (Wildman–Crippen LogP) is 2.61. The molecule has 1 aromatic rings. The molecule has 0 radical (unpaired) electrons. The monoisotopic (exact) mass is 213 g/mol. The van der Waals surface area contributed by atoms with Crippen LogP contribution >= 0.6 is 0 Å². The maximum Gasteiger partial charge on any atom is 0.101 e. The van der Waals surface area contributed by atoms with Crippen LogP contribution in [0.2, 0.25) is 0 Å². The lowest BCUT2D eigenvalue weighted by atomic mass is 10.1. The van der Waals surface area contributed by atoms with Crippen molar-refractivity contribution in [3.63, 3.8) is 0 Å². The molecular weight excluding hydrogens is 198 g/mol. The second kappa shape index (κ2) is 5.78. The molecule has 0 saturated heterocycles. The van der Waals surface area contributed by atoms with Gasteiger partial charge in [-0.1, -0.05) is 12.1 Å². The molecule has 0 fully saturated rings. The van der Waals surface area contributed by atoms with Gasteiger partial charge in [0.25, 0.3) is 0 Å². The summed E-state index contributed by atoms with van der Waals surface area (Å²) in [7, 11) is 0. The van der Waals surface area contributed by atoms with E-state index in [2.05, 4.69) is 17.0 Å². The average Bonchev–Trinajstić information content (AvgIpc) is 2.31. The van der Waals surface area contributed by atoms with Crippen molar-refractivity contribution in [1.82, 2.24) is 0 Å². The second-order valence-corrected chi connectivity index (χ2v) is 3.57. The van der Waals surface area contributed by atoms with E-state index in [-0.39, 0.29) is 0 Å². The lowest BCUT2D eigenvalue weighted by Crippen LogP contribution is -2.25. The summed E-state index contributed by atoms with van der Waals surface area (Å²) in [6.07, 6.45) is 0.479. The Morgan fingerprint density at radius 1 is 1.31 bits per heavy atom. The Kier molecular flexibility index (Phi) is 4.36. The van der Waals surface area contributed by atoms with Gasteiger partial charge in [-0.25, -0.2) is 0 Å². The number of benzene rings is 1. The van der Waals surface area contributed by atoms with E-state index in [1.54, 1.807) is 0 Å². The molecule has 0 saturated carbocycles. The highest BCUT2D eigenvalue weighted by atomic mass is 15.1. The molecule has 0 aliphatic rings. The summed E-state index contributed by atoms with van der Waals surface area (Å²) in [6.45, 7) is 5.50. The number of nitrogens with zero attached hydrogens (tertiary/aromatic N) is 3. The van der Waals surface area contributed by atoms with Gasteiger partial charge in [-0.2, -0.15) is 10.5 Å². The van der Waals surface area contributed by atoms with Gasteiger partial charge in [-0.15, -0.1) is 0 Å². The molecule has 0 amide bonds. The normalized spacial score (nSPS) is 9.25. The third-order valence-corrected chi connectivity index (χ3v) is 2.55. The van der Waals surface area contributed by atoms with E-state index in [0.717, 1.165) is 17.8 Å². The van der Waals surface area contributed by atoms with E-state index in [1.807, 2.05) is 32.0 Å². The molecule has 16 heavy (non-hydrogen) atoms. The van der Waals surface area contributed by atoms with Gasteiger partial charge in [0, 0.05) is 13.1 Å². The number of rotatable bonds is 4. The van der Waals surface area contributed by atoms with Crippen molar-refractivity contribution >= 4 is 5.69 Å². The third-order valence-electron chi connectivity index (χ3n) is 2.55. The van der Waals surface area contributed by atoms with Gasteiger partial charge >= 0.3 is 0 Å². The van der Waals surface area contributed by atoms with E-state index >= 15 is 0 Å². The number of para-hydroxylation sites is 1. The molecule has 3 nitrogen and oxygen atoms in total. The minimum atomic E-state index is 0.479. The average molecular weight is 213 g/mol. The van der Waals surface area contributed by atoms with Crippen molar-refractivity contribution in [2.75, 3.05) is 18.0 Å². The van der Waals surface area contributed by atoms with Gasteiger partial charge in [0.1, 0.15) is 6.07 Å². The smallest absolute Gasteiger partial charge is 0.101 e. The van der Waals surface area contributed by atoms with Gasteiger partial charge in [-0.05, 0) is 25.5 Å². The molecule has 0 heterocycles. The molecular formula is C13H15N3. The molecule has 0 atom stereocenters. The first-order valence-electron chi connectivity index (χ1n) is 5.36.